The lowest BCUT2D eigenvalue weighted by atomic mass is 10.00. The number of benzene rings is 1. The van der Waals surface area contributed by atoms with E-state index in [-0.39, 0.29) is 23.4 Å². The van der Waals surface area contributed by atoms with Crippen LogP contribution in [0.1, 0.15) is 23.6 Å². The average molecular weight is 340 g/mol. The van der Waals surface area contributed by atoms with Crippen LogP contribution in [-0.4, -0.2) is 24.8 Å². The molecule has 0 radical (unpaired) electrons. The van der Waals surface area contributed by atoms with E-state index in [1.165, 1.54) is 24.0 Å². The van der Waals surface area contributed by atoms with Crippen LogP contribution in [0, 0.1) is 5.82 Å². The number of sulfonamides is 1. The van der Waals surface area contributed by atoms with Crippen LogP contribution in [0.25, 0.3) is 0 Å². The van der Waals surface area contributed by atoms with Crippen molar-refractivity contribution in [2.45, 2.75) is 24.0 Å². The van der Waals surface area contributed by atoms with Crippen molar-refractivity contribution in [3.63, 3.8) is 0 Å². The van der Waals surface area contributed by atoms with Gasteiger partial charge in [-0.1, -0.05) is 12.1 Å². The summed E-state index contributed by atoms with van der Waals surface area (Å²) < 4.78 is 43.7. The fraction of sp³-hybridized carbons (Fsp3) is 0.357. The zero-order valence-electron chi connectivity index (χ0n) is 12.5. The molecule has 2 heterocycles. The number of rotatable bonds is 4. The Bertz CT molecular complexity index is 835. The van der Waals surface area contributed by atoms with Crippen LogP contribution in [-0.2, 0) is 23.6 Å². The molecule has 7 nitrogen and oxygen atoms in total. The Labute approximate surface area is 133 Å². The third-order valence-corrected chi connectivity index (χ3v) is 4.85. The molecule has 1 aliphatic heterocycles. The highest BCUT2D eigenvalue weighted by atomic mass is 32.2. The van der Waals surface area contributed by atoms with E-state index < -0.39 is 15.8 Å². The molecule has 0 unspecified atom stereocenters. The summed E-state index contributed by atoms with van der Waals surface area (Å²) in [6.45, 7) is 0.640. The topological polar surface area (TPSA) is 99.2 Å². The number of primary sulfonamides is 1. The lowest BCUT2D eigenvalue weighted by Crippen LogP contribution is -2.28. The lowest BCUT2D eigenvalue weighted by Gasteiger charge is -2.27. The van der Waals surface area contributed by atoms with Gasteiger partial charge in [0.05, 0.1) is 12.8 Å². The van der Waals surface area contributed by atoms with E-state index >= 15 is 0 Å². The summed E-state index contributed by atoms with van der Waals surface area (Å²) in [5, 5.41) is 12.4. The summed E-state index contributed by atoms with van der Waals surface area (Å²) in [6, 6.07) is 4.63. The molecule has 0 bridgehead atoms. The van der Waals surface area contributed by atoms with E-state index in [9.17, 15) is 12.8 Å². The number of hydrogen-bond acceptors (Lipinski definition) is 5. The van der Waals surface area contributed by atoms with Crippen LogP contribution in [0.2, 0.25) is 0 Å². The van der Waals surface area contributed by atoms with Gasteiger partial charge < -0.3 is 10.1 Å². The van der Waals surface area contributed by atoms with E-state index in [0.29, 0.717) is 18.6 Å². The van der Waals surface area contributed by atoms with Gasteiger partial charge >= 0.3 is 0 Å². The standard InChI is InChI=1S/C14H17FN4O3S/c1-19-14(23(16,20)21)9(8-18-19)7-17-12-5-6-22-13-10(12)3-2-4-11(13)15/h2-4,8,12,17H,5-7H2,1H3,(H2,16,20,21)/t12-/m0/s1. The van der Waals surface area contributed by atoms with E-state index in [2.05, 4.69) is 10.4 Å². The quantitative estimate of drug-likeness (QED) is 0.858. The van der Waals surface area contributed by atoms with Crippen molar-refractivity contribution in [3.8, 4) is 5.75 Å². The molecule has 0 amide bonds. The molecular formula is C14H17FN4O3S. The third kappa shape index (κ3) is 3.07. The van der Waals surface area contributed by atoms with Crippen molar-refractivity contribution in [2.75, 3.05) is 6.61 Å². The molecule has 0 saturated carbocycles. The van der Waals surface area contributed by atoms with Crippen LogP contribution in [0.15, 0.2) is 29.4 Å². The van der Waals surface area contributed by atoms with E-state index in [4.69, 9.17) is 9.88 Å². The first-order chi connectivity index (χ1) is 10.9. The second-order valence-corrected chi connectivity index (χ2v) is 6.85. The molecule has 0 aliphatic carbocycles. The van der Waals surface area contributed by atoms with Crippen LogP contribution in [0.5, 0.6) is 5.75 Å². The van der Waals surface area contributed by atoms with Crippen molar-refractivity contribution in [1.29, 1.82) is 0 Å². The molecule has 23 heavy (non-hydrogen) atoms. The number of para-hydroxylation sites is 1. The predicted molar refractivity (Wildman–Crippen MR) is 80.7 cm³/mol. The van der Waals surface area contributed by atoms with Crippen molar-refractivity contribution in [3.05, 3.63) is 41.3 Å². The summed E-state index contributed by atoms with van der Waals surface area (Å²) in [7, 11) is -2.35. The zero-order valence-corrected chi connectivity index (χ0v) is 13.3. The Kier molecular flexibility index (Phi) is 4.09. The van der Waals surface area contributed by atoms with Crippen LogP contribution < -0.4 is 15.2 Å². The van der Waals surface area contributed by atoms with Crippen LogP contribution in [0.4, 0.5) is 4.39 Å². The van der Waals surface area contributed by atoms with Crippen molar-refractivity contribution in [2.24, 2.45) is 12.2 Å². The largest absolute Gasteiger partial charge is 0.490 e. The SMILES string of the molecule is Cn1ncc(CN[C@H]2CCOc3c(F)cccc32)c1S(N)(=O)=O. The summed E-state index contributed by atoms with van der Waals surface area (Å²) in [6.07, 6.45) is 2.11. The minimum absolute atomic E-state index is 0.0310. The molecular weight excluding hydrogens is 323 g/mol. The van der Waals surface area contributed by atoms with Gasteiger partial charge in [0.15, 0.2) is 16.6 Å². The number of aryl methyl sites for hydroxylation is 1. The summed E-state index contributed by atoms with van der Waals surface area (Å²) >= 11 is 0. The highest BCUT2D eigenvalue weighted by molar-refractivity contribution is 7.89. The van der Waals surface area contributed by atoms with Crippen molar-refractivity contribution < 1.29 is 17.5 Å². The summed E-state index contributed by atoms with van der Waals surface area (Å²) in [5.74, 6) is -0.158. The number of nitrogens with one attached hydrogen (secondary N) is 1. The molecule has 0 saturated heterocycles. The highest BCUT2D eigenvalue weighted by Crippen LogP contribution is 2.34. The Hall–Kier alpha value is -1.97. The Morgan fingerprint density at radius 1 is 1.52 bits per heavy atom. The fourth-order valence-electron chi connectivity index (χ4n) is 2.79. The maximum atomic E-state index is 13.8. The first-order valence-corrected chi connectivity index (χ1v) is 8.61. The normalized spacial score (nSPS) is 17.6. The van der Waals surface area contributed by atoms with E-state index in [1.807, 2.05) is 0 Å². The lowest BCUT2D eigenvalue weighted by molar-refractivity contribution is 0.240. The molecule has 9 heteroatoms. The average Bonchev–Trinajstić information content (AvgIpc) is 2.86. The maximum Gasteiger partial charge on any atom is 0.255 e. The number of ether oxygens (including phenoxy) is 1. The first kappa shape index (κ1) is 15.9. The van der Waals surface area contributed by atoms with Gasteiger partial charge in [-0.25, -0.2) is 17.9 Å². The van der Waals surface area contributed by atoms with E-state index in [1.54, 1.807) is 12.1 Å². The van der Waals surface area contributed by atoms with Gasteiger partial charge in [0, 0.05) is 37.2 Å². The number of hydrogen-bond donors (Lipinski definition) is 2. The second-order valence-electron chi connectivity index (χ2n) is 5.37. The third-order valence-electron chi connectivity index (χ3n) is 3.79. The van der Waals surface area contributed by atoms with Gasteiger partial charge in [0.2, 0.25) is 0 Å². The molecule has 2 aromatic rings. The van der Waals surface area contributed by atoms with Crippen LogP contribution in [0.3, 0.4) is 0 Å². The minimum Gasteiger partial charge on any atom is -0.490 e. The molecule has 0 spiro atoms. The molecule has 1 atom stereocenters. The molecule has 1 aromatic heterocycles. The molecule has 124 valence electrons. The monoisotopic (exact) mass is 340 g/mol. The highest BCUT2D eigenvalue weighted by Gasteiger charge is 2.25. The number of aromatic nitrogens is 2. The Morgan fingerprint density at radius 3 is 3.04 bits per heavy atom. The molecule has 3 N–H and O–H groups in total. The summed E-state index contributed by atoms with van der Waals surface area (Å²) in [5.41, 5.74) is 1.19. The van der Waals surface area contributed by atoms with Gasteiger partial charge in [0.1, 0.15) is 0 Å². The van der Waals surface area contributed by atoms with Crippen LogP contribution >= 0.6 is 0 Å². The minimum atomic E-state index is -3.87. The smallest absolute Gasteiger partial charge is 0.255 e. The Morgan fingerprint density at radius 2 is 2.30 bits per heavy atom. The van der Waals surface area contributed by atoms with Gasteiger partial charge in [-0.05, 0) is 6.07 Å². The predicted octanol–water partition coefficient (Wildman–Crippen LogP) is 0.820. The molecule has 1 aliphatic rings. The maximum absolute atomic E-state index is 13.8. The number of halogens is 1. The van der Waals surface area contributed by atoms with Crippen molar-refractivity contribution in [1.82, 2.24) is 15.1 Å². The number of nitrogens with zero attached hydrogens (tertiary/aromatic N) is 2. The van der Waals surface area contributed by atoms with Gasteiger partial charge in [-0.2, -0.15) is 5.10 Å². The van der Waals surface area contributed by atoms with Crippen molar-refractivity contribution >= 4 is 10.0 Å². The first-order valence-electron chi connectivity index (χ1n) is 7.06. The molecule has 3 rings (SSSR count). The number of fused-ring (bicyclic) bond motifs is 1. The summed E-state index contributed by atoms with van der Waals surface area (Å²) in [4.78, 5) is 0. The zero-order chi connectivity index (χ0) is 16.6. The second kappa shape index (κ2) is 5.91. The molecule has 1 aromatic carbocycles. The fourth-order valence-corrected chi connectivity index (χ4v) is 3.70. The van der Waals surface area contributed by atoms with Gasteiger partial charge in [-0.15, -0.1) is 0 Å². The van der Waals surface area contributed by atoms with Gasteiger partial charge in [0.25, 0.3) is 10.0 Å². The van der Waals surface area contributed by atoms with Gasteiger partial charge in [-0.3, -0.25) is 4.68 Å². The molecule has 0 fully saturated rings. The number of nitrogens with two attached hydrogens (primary N) is 1. The Balaban J connectivity index is 1.83. The van der Waals surface area contributed by atoms with E-state index in [0.717, 1.165) is 5.56 Å².